The van der Waals surface area contributed by atoms with Crippen molar-refractivity contribution in [1.82, 2.24) is 0 Å². The number of terminal acetylenes is 1. The van der Waals surface area contributed by atoms with Crippen molar-refractivity contribution >= 4 is 23.5 Å². The molecule has 2 aromatic rings. The Morgan fingerprint density at radius 2 is 1.30 bits per heavy atom. The Morgan fingerprint density at radius 3 is 1.79 bits per heavy atom. The summed E-state index contributed by atoms with van der Waals surface area (Å²) in [7, 11) is 0. The molecule has 0 spiro atoms. The van der Waals surface area contributed by atoms with Gasteiger partial charge in [0.1, 0.15) is 39.9 Å². The molecule has 3 aliphatic rings. The van der Waals surface area contributed by atoms with Crippen LogP contribution >= 0.6 is 0 Å². The van der Waals surface area contributed by atoms with Crippen molar-refractivity contribution in [3.8, 4) is 35.3 Å². The van der Waals surface area contributed by atoms with E-state index in [1.807, 2.05) is 18.9 Å². The number of carboxylic acids is 1. The molecule has 2 aliphatic carbocycles. The topological polar surface area (TPSA) is 168 Å². The number of phenols is 3. The molecule has 1 heterocycles. The minimum atomic E-state index is -1.13. The molecule has 0 amide bonds. The SMILES string of the molecule is C#CC(C)=O.CCCCCc1cc(O)c(C2C=C(C)CCC2)c(O)c1C(=O)O.CCCCCc1cc(O)c(C2C=C(C)CCC2)c2c1C(=O)OC(CC(C)=O)O2. The summed E-state index contributed by atoms with van der Waals surface area (Å²) in [5.74, 6) is 0.160. The molecule has 0 aromatic heterocycles. The van der Waals surface area contributed by atoms with Gasteiger partial charge in [0.25, 0.3) is 6.29 Å². The highest BCUT2D eigenvalue weighted by molar-refractivity contribution is 5.97. The highest BCUT2D eigenvalue weighted by Gasteiger charge is 2.36. The quantitative estimate of drug-likeness (QED) is 0.0506. The van der Waals surface area contributed by atoms with Crippen molar-refractivity contribution < 1.29 is 49.1 Å². The number of ether oxygens (including phenoxy) is 2. The zero-order valence-electron chi connectivity index (χ0n) is 34.0. The van der Waals surface area contributed by atoms with Crippen LogP contribution in [-0.4, -0.2) is 50.2 Å². The third-order valence-corrected chi connectivity index (χ3v) is 10.3. The third-order valence-electron chi connectivity index (χ3n) is 10.3. The van der Waals surface area contributed by atoms with Crippen LogP contribution in [0.1, 0.15) is 180 Å². The predicted molar refractivity (Wildman–Crippen MR) is 217 cm³/mol. The van der Waals surface area contributed by atoms with Gasteiger partial charge in [0.15, 0.2) is 0 Å². The third kappa shape index (κ3) is 12.5. The number of unbranched alkanes of at least 4 members (excludes halogenated alkanes) is 4. The number of cyclic esters (lactones) is 1. The number of phenolic OH excluding ortho intramolecular Hbond substituents is 2. The van der Waals surface area contributed by atoms with E-state index in [4.69, 9.17) is 9.47 Å². The number of carbonyl (C=O) groups is 4. The van der Waals surface area contributed by atoms with Crippen molar-refractivity contribution in [2.75, 3.05) is 0 Å². The lowest BCUT2D eigenvalue weighted by molar-refractivity contribution is -0.125. The van der Waals surface area contributed by atoms with E-state index in [1.54, 1.807) is 6.07 Å². The smallest absolute Gasteiger partial charge is 0.345 e. The summed E-state index contributed by atoms with van der Waals surface area (Å²) in [6.07, 6.45) is 20.7. The Hall–Kier alpha value is -5.04. The first kappa shape index (κ1) is 45.4. The molecule has 56 heavy (non-hydrogen) atoms. The molecule has 0 saturated carbocycles. The van der Waals surface area contributed by atoms with E-state index in [2.05, 4.69) is 33.3 Å². The monoisotopic (exact) mass is 772 g/mol. The number of hydrogen-bond acceptors (Lipinski definition) is 9. The van der Waals surface area contributed by atoms with Crippen molar-refractivity contribution in [1.29, 1.82) is 0 Å². The van der Waals surface area contributed by atoms with Gasteiger partial charge in [-0.25, -0.2) is 9.59 Å². The molecule has 10 nitrogen and oxygen atoms in total. The van der Waals surface area contributed by atoms with Gasteiger partial charge in [-0.05, 0) is 114 Å². The van der Waals surface area contributed by atoms with Gasteiger partial charge in [-0.2, -0.15) is 0 Å². The molecule has 5 rings (SSSR count). The van der Waals surface area contributed by atoms with Crippen molar-refractivity contribution in [2.24, 2.45) is 0 Å². The average molecular weight is 773 g/mol. The molecule has 2 aromatic carbocycles. The van der Waals surface area contributed by atoms with Crippen LogP contribution in [-0.2, 0) is 27.2 Å². The fourth-order valence-electron chi connectivity index (χ4n) is 7.60. The second-order valence-corrected chi connectivity index (χ2v) is 15.2. The first-order valence-corrected chi connectivity index (χ1v) is 20.0. The summed E-state index contributed by atoms with van der Waals surface area (Å²) >= 11 is 0. The molecule has 0 saturated heterocycles. The Morgan fingerprint density at radius 1 is 0.804 bits per heavy atom. The summed E-state index contributed by atoms with van der Waals surface area (Å²) in [4.78, 5) is 45.6. The molecule has 0 fully saturated rings. The van der Waals surface area contributed by atoms with Crippen LogP contribution in [0.25, 0.3) is 0 Å². The lowest BCUT2D eigenvalue weighted by atomic mass is 9.83. The second kappa shape index (κ2) is 21.9. The molecule has 4 N–H and O–H groups in total. The molecule has 3 unspecified atom stereocenters. The average Bonchev–Trinajstić information content (AvgIpc) is 3.11. The second-order valence-electron chi connectivity index (χ2n) is 15.2. The maximum Gasteiger partial charge on any atom is 0.345 e. The summed E-state index contributed by atoms with van der Waals surface area (Å²) in [5, 5.41) is 41.3. The minimum Gasteiger partial charge on any atom is -0.507 e. The number of rotatable bonds is 13. The molecular weight excluding hydrogens is 712 g/mol. The van der Waals surface area contributed by atoms with E-state index in [0.29, 0.717) is 40.8 Å². The van der Waals surface area contributed by atoms with Gasteiger partial charge in [-0.15, -0.1) is 6.42 Å². The Labute approximate surface area is 332 Å². The molecule has 0 radical (unpaired) electrons. The van der Waals surface area contributed by atoms with E-state index in [0.717, 1.165) is 82.6 Å². The number of hydrogen-bond donors (Lipinski definition) is 4. The van der Waals surface area contributed by atoms with Crippen LogP contribution in [0.15, 0.2) is 35.4 Å². The number of carbonyl (C=O) groups excluding carboxylic acids is 3. The van der Waals surface area contributed by atoms with Crippen molar-refractivity contribution in [3.63, 3.8) is 0 Å². The molecule has 3 atom stereocenters. The Kier molecular flexibility index (Phi) is 17.7. The van der Waals surface area contributed by atoms with Crippen LogP contribution in [0.4, 0.5) is 0 Å². The zero-order chi connectivity index (χ0) is 41.5. The van der Waals surface area contributed by atoms with Crippen LogP contribution in [0.5, 0.6) is 23.0 Å². The summed E-state index contributed by atoms with van der Waals surface area (Å²) in [6.45, 7) is 11.1. The predicted octanol–water partition coefficient (Wildman–Crippen LogP) is 10.1. The van der Waals surface area contributed by atoms with Gasteiger partial charge >= 0.3 is 11.9 Å². The Balaban J connectivity index is 0.000000272. The highest BCUT2D eigenvalue weighted by atomic mass is 16.7. The van der Waals surface area contributed by atoms with E-state index < -0.39 is 18.2 Å². The van der Waals surface area contributed by atoms with Gasteiger partial charge < -0.3 is 29.9 Å². The number of Topliss-reactive ketones (excluding diaryl/α,β-unsaturated/α-hetero) is 2. The summed E-state index contributed by atoms with van der Waals surface area (Å²) < 4.78 is 11.4. The molecular formula is C46H60O10. The van der Waals surface area contributed by atoms with E-state index in [9.17, 15) is 39.6 Å². The fourth-order valence-corrected chi connectivity index (χ4v) is 7.60. The number of aromatic carboxylic acids is 1. The van der Waals surface area contributed by atoms with E-state index in [-0.39, 0.29) is 52.6 Å². The van der Waals surface area contributed by atoms with E-state index in [1.165, 1.54) is 31.1 Å². The minimum absolute atomic E-state index is 0.00364. The number of aryl methyl sites for hydroxylation is 2. The first-order chi connectivity index (χ1) is 26.6. The van der Waals surface area contributed by atoms with Gasteiger partial charge in [-0.1, -0.05) is 62.8 Å². The highest BCUT2D eigenvalue weighted by Crippen LogP contribution is 2.47. The maximum absolute atomic E-state index is 12.8. The lowest BCUT2D eigenvalue weighted by Crippen LogP contribution is -2.33. The normalized spacial score (nSPS) is 18.5. The number of fused-ring (bicyclic) bond motifs is 1. The Bertz CT molecular complexity index is 1840. The number of esters is 1. The van der Waals surface area contributed by atoms with Crippen molar-refractivity contribution in [3.05, 3.63) is 68.8 Å². The number of carboxylic acid groups (broad SMARTS) is 1. The number of ketones is 2. The maximum atomic E-state index is 12.8. The van der Waals surface area contributed by atoms with E-state index >= 15 is 0 Å². The first-order valence-electron chi connectivity index (χ1n) is 20.0. The number of aromatic hydroxyl groups is 3. The molecule has 10 heteroatoms. The van der Waals surface area contributed by atoms with Gasteiger partial charge in [-0.3, -0.25) is 9.59 Å². The van der Waals surface area contributed by atoms with Crippen LogP contribution in [0.3, 0.4) is 0 Å². The number of benzene rings is 2. The molecule has 1 aliphatic heterocycles. The zero-order valence-corrected chi connectivity index (χ0v) is 34.0. The summed E-state index contributed by atoms with van der Waals surface area (Å²) in [5.41, 5.74) is 5.14. The van der Waals surface area contributed by atoms with Gasteiger partial charge in [0, 0.05) is 29.9 Å². The van der Waals surface area contributed by atoms with Gasteiger partial charge in [0.05, 0.1) is 6.42 Å². The standard InChI is InChI=1S/C23H30O5.C19H26O4.C4H4O/c1-4-5-6-9-17-13-18(25)20(16-10-7-8-14(2)11-16)22-21(17)23(26)28-19(27-22)12-15(3)24;1-3-4-5-8-14-11-15(20)16(18(21)17(14)19(22)23)13-9-6-7-12(2)10-13;1-3-4(2)5/h11,13,16,19,25H,4-10,12H2,1-3H3;10-11,13,20-21H,3-9H2,1-2H3,(H,22,23);1H,2H3. The van der Waals surface area contributed by atoms with Crippen molar-refractivity contribution in [2.45, 2.75) is 156 Å². The summed E-state index contributed by atoms with van der Waals surface area (Å²) in [6, 6.07) is 3.24. The molecule has 0 bridgehead atoms. The van der Waals surface area contributed by atoms with Crippen LogP contribution in [0.2, 0.25) is 0 Å². The fraction of sp³-hybridized carbons (Fsp3) is 0.522. The largest absolute Gasteiger partial charge is 0.507 e. The lowest BCUT2D eigenvalue weighted by Gasteiger charge is -2.31. The number of allylic oxidation sites excluding steroid dienone is 4. The molecule has 304 valence electrons. The van der Waals surface area contributed by atoms with Crippen LogP contribution < -0.4 is 4.74 Å². The van der Waals surface area contributed by atoms with Crippen LogP contribution in [0, 0.1) is 12.3 Å². The van der Waals surface area contributed by atoms with Gasteiger partial charge in [0.2, 0.25) is 5.78 Å².